The fourth-order valence-corrected chi connectivity index (χ4v) is 2.81. The molecule has 0 fully saturated rings. The molecule has 1 amide bonds. The van der Waals surface area contributed by atoms with E-state index in [-0.39, 0.29) is 11.7 Å². The quantitative estimate of drug-likeness (QED) is 0.530. The number of hydrogen-bond acceptors (Lipinski definition) is 3. The number of hydrogen-bond donors (Lipinski definition) is 1. The lowest BCUT2D eigenvalue weighted by Gasteiger charge is -2.13. The van der Waals surface area contributed by atoms with Gasteiger partial charge in [-0.25, -0.2) is 4.39 Å². The van der Waals surface area contributed by atoms with Gasteiger partial charge in [0.15, 0.2) is 0 Å². The van der Waals surface area contributed by atoms with Gasteiger partial charge in [-0.1, -0.05) is 30.3 Å². The molecular formula is C22H15FN2O2. The third-order valence-electron chi connectivity index (χ3n) is 4.05. The molecule has 3 aromatic carbocycles. The molecule has 1 N–H and O–H groups in total. The van der Waals surface area contributed by atoms with E-state index in [1.165, 1.54) is 12.1 Å². The van der Waals surface area contributed by atoms with Crippen molar-refractivity contribution in [1.29, 1.82) is 0 Å². The average molecular weight is 358 g/mol. The van der Waals surface area contributed by atoms with Crippen LogP contribution in [0.1, 0.15) is 10.5 Å². The molecular weight excluding hydrogens is 343 g/mol. The summed E-state index contributed by atoms with van der Waals surface area (Å²) in [5.41, 5.74) is 0.937. The van der Waals surface area contributed by atoms with Crippen LogP contribution in [0.15, 0.2) is 85.1 Å². The van der Waals surface area contributed by atoms with Crippen LogP contribution >= 0.6 is 0 Å². The third kappa shape index (κ3) is 3.62. The van der Waals surface area contributed by atoms with Crippen LogP contribution in [-0.2, 0) is 0 Å². The Bertz CT molecular complexity index is 1090. The Labute approximate surface area is 155 Å². The zero-order valence-electron chi connectivity index (χ0n) is 14.2. The summed E-state index contributed by atoms with van der Waals surface area (Å²) in [5.74, 6) is 0.439. The summed E-state index contributed by atoms with van der Waals surface area (Å²) in [6, 6.07) is 22.2. The number of aromatic nitrogens is 1. The van der Waals surface area contributed by atoms with Crippen LogP contribution in [0.3, 0.4) is 0 Å². The van der Waals surface area contributed by atoms with E-state index in [9.17, 15) is 9.18 Å². The first kappa shape index (κ1) is 16.7. The Morgan fingerprint density at radius 2 is 1.67 bits per heavy atom. The number of carbonyl (C=O) groups is 1. The number of anilines is 1. The van der Waals surface area contributed by atoms with Crippen molar-refractivity contribution in [2.24, 2.45) is 0 Å². The molecule has 0 aliphatic heterocycles. The van der Waals surface area contributed by atoms with Crippen LogP contribution in [0.5, 0.6) is 11.5 Å². The number of rotatable bonds is 4. The molecule has 132 valence electrons. The minimum absolute atomic E-state index is 0.306. The number of fused-ring (bicyclic) bond motifs is 1. The lowest BCUT2D eigenvalue weighted by molar-refractivity contribution is 0.102. The topological polar surface area (TPSA) is 51.2 Å². The number of amides is 1. The number of benzene rings is 3. The van der Waals surface area contributed by atoms with Crippen LogP contribution in [0.2, 0.25) is 0 Å². The summed E-state index contributed by atoms with van der Waals surface area (Å²) < 4.78 is 19.1. The average Bonchev–Trinajstić information content (AvgIpc) is 2.70. The van der Waals surface area contributed by atoms with E-state index in [0.717, 1.165) is 10.8 Å². The maximum atomic E-state index is 13.1. The molecule has 0 aliphatic rings. The third-order valence-corrected chi connectivity index (χ3v) is 4.05. The molecule has 27 heavy (non-hydrogen) atoms. The van der Waals surface area contributed by atoms with Crippen LogP contribution in [0, 0.1) is 5.82 Å². The van der Waals surface area contributed by atoms with Gasteiger partial charge in [0.2, 0.25) is 0 Å². The SMILES string of the molecule is O=C(Nc1cccc2cccc(Oc3ccc(F)cc3)c12)c1ccccn1. The number of nitrogens with one attached hydrogen (secondary N) is 1. The van der Waals surface area contributed by atoms with Gasteiger partial charge < -0.3 is 10.1 Å². The molecule has 1 heterocycles. The van der Waals surface area contributed by atoms with E-state index in [1.54, 1.807) is 42.6 Å². The van der Waals surface area contributed by atoms with Gasteiger partial charge in [0, 0.05) is 11.6 Å². The Hall–Kier alpha value is -3.73. The molecule has 0 unspecified atom stereocenters. The first-order chi connectivity index (χ1) is 13.2. The van der Waals surface area contributed by atoms with Gasteiger partial charge >= 0.3 is 0 Å². The highest BCUT2D eigenvalue weighted by atomic mass is 19.1. The van der Waals surface area contributed by atoms with Crippen molar-refractivity contribution >= 4 is 22.4 Å². The molecule has 0 saturated heterocycles. The van der Waals surface area contributed by atoms with Crippen LogP contribution in [0.4, 0.5) is 10.1 Å². The fourth-order valence-electron chi connectivity index (χ4n) is 2.81. The Balaban J connectivity index is 1.73. The largest absolute Gasteiger partial charge is 0.457 e. The number of nitrogens with zero attached hydrogens (tertiary/aromatic N) is 1. The molecule has 4 nitrogen and oxygen atoms in total. The standard InChI is InChI=1S/C22H15FN2O2/c23-16-10-12-17(13-11-16)27-20-9-4-6-15-5-3-8-18(21(15)20)25-22(26)19-7-1-2-14-24-19/h1-14H,(H,25,26). The van der Waals surface area contributed by atoms with Crippen molar-refractivity contribution in [1.82, 2.24) is 4.98 Å². The summed E-state index contributed by atoms with van der Waals surface area (Å²) in [5, 5.41) is 4.56. The van der Waals surface area contributed by atoms with Gasteiger partial charge in [0.25, 0.3) is 5.91 Å². The fraction of sp³-hybridized carbons (Fsp3) is 0. The molecule has 1 aromatic heterocycles. The maximum absolute atomic E-state index is 13.1. The highest BCUT2D eigenvalue weighted by Crippen LogP contribution is 2.35. The zero-order valence-corrected chi connectivity index (χ0v) is 14.2. The number of ether oxygens (including phenoxy) is 1. The van der Waals surface area contributed by atoms with E-state index in [0.29, 0.717) is 22.9 Å². The molecule has 0 spiro atoms. The summed E-state index contributed by atoms with van der Waals surface area (Å²) >= 11 is 0. The minimum atomic E-state index is -0.330. The molecule has 0 radical (unpaired) electrons. The van der Waals surface area contributed by atoms with E-state index >= 15 is 0 Å². The van der Waals surface area contributed by atoms with Gasteiger partial charge in [-0.3, -0.25) is 9.78 Å². The summed E-state index contributed by atoms with van der Waals surface area (Å²) in [6.07, 6.45) is 1.57. The van der Waals surface area contributed by atoms with Crippen molar-refractivity contribution < 1.29 is 13.9 Å². The minimum Gasteiger partial charge on any atom is -0.457 e. The molecule has 4 aromatic rings. The van der Waals surface area contributed by atoms with E-state index in [2.05, 4.69) is 10.3 Å². The zero-order chi connectivity index (χ0) is 18.6. The van der Waals surface area contributed by atoms with Crippen molar-refractivity contribution in [2.75, 3.05) is 5.32 Å². The van der Waals surface area contributed by atoms with E-state index < -0.39 is 0 Å². The Morgan fingerprint density at radius 1 is 0.889 bits per heavy atom. The number of carbonyl (C=O) groups excluding carboxylic acids is 1. The van der Waals surface area contributed by atoms with Gasteiger partial charge in [-0.05, 0) is 53.9 Å². The Kier molecular flexibility index (Phi) is 4.49. The smallest absolute Gasteiger partial charge is 0.274 e. The van der Waals surface area contributed by atoms with Gasteiger partial charge in [0.1, 0.15) is 23.0 Å². The summed E-state index contributed by atoms with van der Waals surface area (Å²) in [4.78, 5) is 16.6. The van der Waals surface area contributed by atoms with Crippen molar-refractivity contribution in [3.63, 3.8) is 0 Å². The summed E-state index contributed by atoms with van der Waals surface area (Å²) in [6.45, 7) is 0. The molecule has 0 saturated carbocycles. The lowest BCUT2D eigenvalue weighted by atomic mass is 10.1. The lowest BCUT2D eigenvalue weighted by Crippen LogP contribution is -2.13. The highest BCUT2D eigenvalue weighted by Gasteiger charge is 2.13. The Morgan fingerprint density at radius 3 is 2.41 bits per heavy atom. The predicted octanol–water partition coefficient (Wildman–Crippen LogP) is 5.42. The predicted molar refractivity (Wildman–Crippen MR) is 103 cm³/mol. The first-order valence-corrected chi connectivity index (χ1v) is 8.38. The molecule has 4 rings (SSSR count). The van der Waals surface area contributed by atoms with Gasteiger partial charge in [0.05, 0.1) is 5.69 Å². The number of pyridine rings is 1. The summed E-state index contributed by atoms with van der Waals surface area (Å²) in [7, 11) is 0. The monoisotopic (exact) mass is 358 g/mol. The van der Waals surface area contributed by atoms with Crippen LogP contribution in [-0.4, -0.2) is 10.9 Å². The van der Waals surface area contributed by atoms with Crippen molar-refractivity contribution in [3.05, 3.63) is 96.6 Å². The van der Waals surface area contributed by atoms with E-state index in [4.69, 9.17) is 4.74 Å². The second-order valence-corrected chi connectivity index (χ2v) is 5.88. The highest BCUT2D eigenvalue weighted by molar-refractivity contribution is 6.09. The normalized spacial score (nSPS) is 10.6. The van der Waals surface area contributed by atoms with Gasteiger partial charge in [-0.15, -0.1) is 0 Å². The molecule has 5 heteroatoms. The van der Waals surface area contributed by atoms with Crippen LogP contribution in [0.25, 0.3) is 10.8 Å². The molecule has 0 atom stereocenters. The number of halogens is 1. The van der Waals surface area contributed by atoms with Gasteiger partial charge in [-0.2, -0.15) is 0 Å². The maximum Gasteiger partial charge on any atom is 0.274 e. The van der Waals surface area contributed by atoms with Crippen LogP contribution < -0.4 is 10.1 Å². The molecule has 0 bridgehead atoms. The van der Waals surface area contributed by atoms with Crippen molar-refractivity contribution in [3.8, 4) is 11.5 Å². The second-order valence-electron chi connectivity index (χ2n) is 5.88. The molecule has 0 aliphatic carbocycles. The van der Waals surface area contributed by atoms with Crippen molar-refractivity contribution in [2.45, 2.75) is 0 Å². The second kappa shape index (κ2) is 7.25. The van der Waals surface area contributed by atoms with E-state index in [1.807, 2.05) is 30.3 Å². The first-order valence-electron chi connectivity index (χ1n) is 8.38.